The highest BCUT2D eigenvalue weighted by molar-refractivity contribution is 7.87. The van der Waals surface area contributed by atoms with Crippen molar-refractivity contribution in [3.05, 3.63) is 23.8 Å². The molecule has 0 fully saturated rings. The van der Waals surface area contributed by atoms with Crippen LogP contribution in [-0.4, -0.2) is 17.7 Å². The van der Waals surface area contributed by atoms with Gasteiger partial charge in [-0.05, 0) is 18.3 Å². The molecule has 0 spiro atoms. The standard InChI is InChI=1S/C12H20O3S/c1-9(2)11-6-5-7-12(8-11,10(3)4)16(13,14)15/h5-7,9-10H,8H2,1-4H3,(H,13,14,15). The van der Waals surface area contributed by atoms with Gasteiger partial charge in [-0.25, -0.2) is 0 Å². The summed E-state index contributed by atoms with van der Waals surface area (Å²) in [5.74, 6) is 0.144. The molecule has 0 aromatic rings. The van der Waals surface area contributed by atoms with Crippen LogP contribution in [0.25, 0.3) is 0 Å². The molecule has 0 bridgehead atoms. The van der Waals surface area contributed by atoms with Crippen LogP contribution < -0.4 is 0 Å². The third-order valence-electron chi connectivity index (χ3n) is 3.37. The molecule has 0 saturated carbocycles. The van der Waals surface area contributed by atoms with Crippen molar-refractivity contribution < 1.29 is 13.0 Å². The first-order chi connectivity index (χ1) is 7.21. The van der Waals surface area contributed by atoms with Gasteiger partial charge in [0.05, 0.1) is 0 Å². The zero-order chi connectivity index (χ0) is 12.6. The first kappa shape index (κ1) is 13.5. The van der Waals surface area contributed by atoms with Gasteiger partial charge in [-0.2, -0.15) is 8.42 Å². The second kappa shape index (κ2) is 4.34. The lowest BCUT2D eigenvalue weighted by molar-refractivity contribution is 0.389. The molecule has 0 heterocycles. The number of rotatable bonds is 3. The molecular weight excluding hydrogens is 224 g/mol. The Morgan fingerprint density at radius 1 is 1.31 bits per heavy atom. The van der Waals surface area contributed by atoms with Gasteiger partial charge in [0.25, 0.3) is 10.1 Å². The summed E-state index contributed by atoms with van der Waals surface area (Å²) in [6.07, 6.45) is 5.68. The maximum atomic E-state index is 11.6. The Hall–Kier alpha value is -0.610. The largest absolute Gasteiger partial charge is 0.285 e. The minimum atomic E-state index is -4.08. The molecule has 1 atom stereocenters. The SMILES string of the molecule is CC(C)C1=CC=CC(C(C)C)(S(=O)(=O)O)C1. The topological polar surface area (TPSA) is 54.4 Å². The monoisotopic (exact) mass is 244 g/mol. The fourth-order valence-corrected chi connectivity index (χ4v) is 3.23. The lowest BCUT2D eigenvalue weighted by atomic mass is 9.81. The second-order valence-corrected chi connectivity index (χ2v) is 6.73. The Bertz CT molecular complexity index is 416. The van der Waals surface area contributed by atoms with Gasteiger partial charge >= 0.3 is 0 Å². The molecule has 1 aliphatic rings. The van der Waals surface area contributed by atoms with Gasteiger partial charge < -0.3 is 0 Å². The van der Waals surface area contributed by atoms with Crippen molar-refractivity contribution in [1.29, 1.82) is 0 Å². The van der Waals surface area contributed by atoms with Crippen molar-refractivity contribution in [2.24, 2.45) is 11.8 Å². The smallest absolute Gasteiger partial charge is 0.274 e. The van der Waals surface area contributed by atoms with Crippen molar-refractivity contribution >= 4 is 10.1 Å². The normalized spacial score (nSPS) is 26.3. The number of hydrogen-bond donors (Lipinski definition) is 1. The molecule has 92 valence electrons. The molecule has 0 aromatic carbocycles. The van der Waals surface area contributed by atoms with Crippen molar-refractivity contribution in [1.82, 2.24) is 0 Å². The first-order valence-corrected chi connectivity index (χ1v) is 7.00. The van der Waals surface area contributed by atoms with Crippen LogP contribution in [0.15, 0.2) is 23.8 Å². The van der Waals surface area contributed by atoms with E-state index in [4.69, 9.17) is 0 Å². The lowest BCUT2D eigenvalue weighted by Crippen LogP contribution is -2.43. The summed E-state index contributed by atoms with van der Waals surface area (Å²) in [6, 6.07) is 0. The third kappa shape index (κ3) is 2.23. The van der Waals surface area contributed by atoms with E-state index < -0.39 is 14.9 Å². The van der Waals surface area contributed by atoms with Gasteiger partial charge in [0.2, 0.25) is 0 Å². The van der Waals surface area contributed by atoms with Crippen molar-refractivity contribution in [2.45, 2.75) is 38.9 Å². The van der Waals surface area contributed by atoms with Gasteiger partial charge in [0.1, 0.15) is 4.75 Å². The van der Waals surface area contributed by atoms with E-state index in [0.717, 1.165) is 5.57 Å². The van der Waals surface area contributed by atoms with Crippen LogP contribution in [0, 0.1) is 11.8 Å². The average Bonchev–Trinajstić information content (AvgIpc) is 2.15. The summed E-state index contributed by atoms with van der Waals surface area (Å²) in [4.78, 5) is 0. The molecule has 3 nitrogen and oxygen atoms in total. The molecule has 16 heavy (non-hydrogen) atoms. The van der Waals surface area contributed by atoms with E-state index in [9.17, 15) is 13.0 Å². The molecule has 1 N–H and O–H groups in total. The number of hydrogen-bond acceptors (Lipinski definition) is 2. The molecular formula is C12H20O3S. The molecule has 0 amide bonds. The van der Waals surface area contributed by atoms with E-state index >= 15 is 0 Å². The van der Waals surface area contributed by atoms with Crippen LogP contribution in [0.3, 0.4) is 0 Å². The van der Waals surface area contributed by atoms with E-state index in [1.54, 1.807) is 12.2 Å². The molecule has 4 heteroatoms. The molecule has 1 aliphatic carbocycles. The van der Waals surface area contributed by atoms with E-state index in [2.05, 4.69) is 0 Å². The summed E-state index contributed by atoms with van der Waals surface area (Å²) in [7, 11) is -4.08. The Balaban J connectivity index is 3.21. The van der Waals surface area contributed by atoms with Crippen molar-refractivity contribution in [2.75, 3.05) is 0 Å². The minimum Gasteiger partial charge on any atom is -0.285 e. The van der Waals surface area contributed by atoms with Crippen LogP contribution in [-0.2, 0) is 10.1 Å². The molecule has 0 saturated heterocycles. The van der Waals surface area contributed by atoms with Gasteiger partial charge in [-0.3, -0.25) is 4.55 Å². The molecule has 1 unspecified atom stereocenters. The van der Waals surface area contributed by atoms with Crippen LogP contribution in [0.2, 0.25) is 0 Å². The summed E-state index contributed by atoms with van der Waals surface area (Å²) < 4.78 is 31.5. The predicted octanol–water partition coefficient (Wildman–Crippen LogP) is 2.81. The summed E-state index contributed by atoms with van der Waals surface area (Å²) in [5, 5.41) is 0. The van der Waals surface area contributed by atoms with Crippen LogP contribution in [0.4, 0.5) is 0 Å². The van der Waals surface area contributed by atoms with Crippen LogP contribution in [0.1, 0.15) is 34.1 Å². The molecule has 0 aromatic heterocycles. The van der Waals surface area contributed by atoms with Crippen LogP contribution >= 0.6 is 0 Å². The maximum absolute atomic E-state index is 11.6. The average molecular weight is 244 g/mol. The summed E-state index contributed by atoms with van der Waals surface area (Å²) in [5.41, 5.74) is 1.06. The highest BCUT2D eigenvalue weighted by atomic mass is 32.2. The lowest BCUT2D eigenvalue weighted by Gasteiger charge is -2.35. The van der Waals surface area contributed by atoms with Crippen LogP contribution in [0.5, 0.6) is 0 Å². The maximum Gasteiger partial charge on any atom is 0.274 e. The first-order valence-electron chi connectivity index (χ1n) is 5.56. The van der Waals surface area contributed by atoms with E-state index in [0.29, 0.717) is 12.3 Å². The minimum absolute atomic E-state index is 0.152. The zero-order valence-electron chi connectivity index (χ0n) is 10.3. The quantitative estimate of drug-likeness (QED) is 0.777. The Kier molecular flexibility index (Phi) is 3.65. The van der Waals surface area contributed by atoms with E-state index in [-0.39, 0.29) is 5.92 Å². The number of allylic oxidation sites excluding steroid dienone is 3. The third-order valence-corrected chi connectivity index (χ3v) is 5.08. The molecule has 1 rings (SSSR count). The van der Waals surface area contributed by atoms with Crippen molar-refractivity contribution in [3.8, 4) is 0 Å². The fraction of sp³-hybridized carbons (Fsp3) is 0.667. The van der Waals surface area contributed by atoms with Gasteiger partial charge in [0, 0.05) is 0 Å². The van der Waals surface area contributed by atoms with Gasteiger partial charge in [0.15, 0.2) is 0 Å². The Morgan fingerprint density at radius 2 is 1.88 bits per heavy atom. The van der Waals surface area contributed by atoms with Gasteiger partial charge in [-0.15, -0.1) is 0 Å². The highest BCUT2D eigenvalue weighted by Gasteiger charge is 2.45. The van der Waals surface area contributed by atoms with Gasteiger partial charge in [-0.1, -0.05) is 51.5 Å². The highest BCUT2D eigenvalue weighted by Crippen LogP contribution is 2.38. The Morgan fingerprint density at radius 3 is 2.25 bits per heavy atom. The summed E-state index contributed by atoms with van der Waals surface area (Å²) in [6.45, 7) is 7.70. The van der Waals surface area contributed by atoms with E-state index in [1.165, 1.54) is 0 Å². The van der Waals surface area contributed by atoms with E-state index in [1.807, 2.05) is 33.8 Å². The summed E-state index contributed by atoms with van der Waals surface area (Å²) >= 11 is 0. The second-order valence-electron chi connectivity index (χ2n) is 5.02. The van der Waals surface area contributed by atoms with Crippen molar-refractivity contribution in [3.63, 3.8) is 0 Å². The molecule has 0 aliphatic heterocycles. The predicted molar refractivity (Wildman–Crippen MR) is 65.8 cm³/mol. The Labute approximate surface area is 98.0 Å². The zero-order valence-corrected chi connectivity index (χ0v) is 11.1. The fourth-order valence-electron chi connectivity index (χ4n) is 2.04. The molecule has 0 radical (unpaired) electrons.